The Morgan fingerprint density at radius 2 is 1.96 bits per heavy atom. The number of hydrogen-bond acceptors (Lipinski definition) is 4. The molecule has 24 heavy (non-hydrogen) atoms. The van der Waals surface area contributed by atoms with Crippen molar-refractivity contribution >= 4 is 27.2 Å². The lowest BCUT2D eigenvalue weighted by Gasteiger charge is -2.16. The molecule has 3 aromatic rings. The highest BCUT2D eigenvalue weighted by atomic mass is 32.1. The van der Waals surface area contributed by atoms with Crippen LogP contribution in [0, 0.1) is 13.8 Å². The number of aryl methyl sites for hydroxylation is 2. The number of anilines is 1. The fourth-order valence-electron chi connectivity index (χ4n) is 2.78. The summed E-state index contributed by atoms with van der Waals surface area (Å²) in [7, 11) is 0. The SMILES string of the molecule is Cc1sc2nc(C(C)Nc3cccc(C(C)C)c3)[nH]c(=O)c2c1C. The second-order valence-electron chi connectivity index (χ2n) is 6.56. The number of nitrogens with one attached hydrogen (secondary N) is 2. The standard InChI is InChI=1S/C19H23N3OS/c1-10(2)14-7-6-8-15(9-14)20-12(4)17-21-18(23)16-11(3)13(5)24-19(16)22-17/h6-10,12,20H,1-5H3,(H,21,22,23). The van der Waals surface area contributed by atoms with Crippen molar-refractivity contribution in [2.24, 2.45) is 0 Å². The average molecular weight is 341 g/mol. The van der Waals surface area contributed by atoms with E-state index in [1.165, 1.54) is 5.56 Å². The van der Waals surface area contributed by atoms with E-state index >= 15 is 0 Å². The van der Waals surface area contributed by atoms with Crippen molar-refractivity contribution in [1.29, 1.82) is 0 Å². The Hall–Kier alpha value is -2.14. The maximum absolute atomic E-state index is 12.4. The minimum absolute atomic E-state index is 0.0542. The van der Waals surface area contributed by atoms with Gasteiger partial charge in [0.2, 0.25) is 0 Å². The van der Waals surface area contributed by atoms with Gasteiger partial charge in [-0.2, -0.15) is 0 Å². The third kappa shape index (κ3) is 3.08. The first-order valence-corrected chi connectivity index (χ1v) is 9.05. The van der Waals surface area contributed by atoms with Crippen LogP contribution in [-0.2, 0) is 0 Å². The Labute approximate surface area is 146 Å². The van der Waals surface area contributed by atoms with Crippen LogP contribution in [0.1, 0.15) is 54.6 Å². The maximum atomic E-state index is 12.4. The number of rotatable bonds is 4. The van der Waals surface area contributed by atoms with Gasteiger partial charge >= 0.3 is 0 Å². The Kier molecular flexibility index (Phi) is 4.45. The zero-order chi connectivity index (χ0) is 17.4. The highest BCUT2D eigenvalue weighted by molar-refractivity contribution is 7.18. The molecule has 2 N–H and O–H groups in total. The van der Waals surface area contributed by atoms with Gasteiger partial charge in [0.25, 0.3) is 5.56 Å². The number of H-pyrrole nitrogens is 1. The molecule has 0 aliphatic rings. The number of hydrogen-bond donors (Lipinski definition) is 2. The minimum Gasteiger partial charge on any atom is -0.375 e. The molecule has 5 heteroatoms. The van der Waals surface area contributed by atoms with Crippen LogP contribution >= 0.6 is 11.3 Å². The lowest BCUT2D eigenvalue weighted by atomic mass is 10.0. The Bertz CT molecular complexity index is 939. The average Bonchev–Trinajstić information content (AvgIpc) is 2.82. The summed E-state index contributed by atoms with van der Waals surface area (Å²) in [5.41, 5.74) is 3.30. The van der Waals surface area contributed by atoms with Gasteiger partial charge in [-0.3, -0.25) is 4.79 Å². The normalized spacial score (nSPS) is 12.8. The zero-order valence-electron chi connectivity index (χ0n) is 14.7. The van der Waals surface area contributed by atoms with E-state index in [0.717, 1.165) is 26.3 Å². The van der Waals surface area contributed by atoms with Crippen molar-refractivity contribution in [1.82, 2.24) is 9.97 Å². The highest BCUT2D eigenvalue weighted by Crippen LogP contribution is 2.27. The molecular weight excluding hydrogens is 318 g/mol. The molecule has 126 valence electrons. The Morgan fingerprint density at radius 1 is 1.21 bits per heavy atom. The summed E-state index contributed by atoms with van der Waals surface area (Å²) < 4.78 is 0. The van der Waals surface area contributed by atoms with Crippen LogP contribution in [0.4, 0.5) is 5.69 Å². The lowest BCUT2D eigenvalue weighted by Crippen LogP contribution is -2.17. The summed E-state index contributed by atoms with van der Waals surface area (Å²) in [6.45, 7) is 10.4. The van der Waals surface area contributed by atoms with E-state index in [-0.39, 0.29) is 11.6 Å². The van der Waals surface area contributed by atoms with Gasteiger partial charge in [-0.05, 0) is 49.9 Å². The molecular formula is C19H23N3OS. The maximum Gasteiger partial charge on any atom is 0.259 e. The van der Waals surface area contributed by atoms with Gasteiger partial charge in [-0.1, -0.05) is 26.0 Å². The molecule has 4 nitrogen and oxygen atoms in total. The largest absolute Gasteiger partial charge is 0.375 e. The van der Waals surface area contributed by atoms with Gasteiger partial charge in [-0.15, -0.1) is 11.3 Å². The molecule has 3 rings (SSSR count). The third-order valence-electron chi connectivity index (χ3n) is 4.40. The molecule has 0 spiro atoms. The van der Waals surface area contributed by atoms with Crippen molar-refractivity contribution in [2.45, 2.75) is 46.6 Å². The molecule has 2 heterocycles. The lowest BCUT2D eigenvalue weighted by molar-refractivity contribution is 0.791. The summed E-state index contributed by atoms with van der Waals surface area (Å²) >= 11 is 1.58. The first kappa shape index (κ1) is 16.7. The molecule has 0 bridgehead atoms. The molecule has 0 radical (unpaired) electrons. The van der Waals surface area contributed by atoms with Gasteiger partial charge in [0.15, 0.2) is 0 Å². The number of nitrogens with zero attached hydrogens (tertiary/aromatic N) is 1. The third-order valence-corrected chi connectivity index (χ3v) is 5.51. The van der Waals surface area contributed by atoms with Crippen LogP contribution in [0.25, 0.3) is 10.2 Å². The highest BCUT2D eigenvalue weighted by Gasteiger charge is 2.15. The Morgan fingerprint density at radius 3 is 2.67 bits per heavy atom. The molecule has 0 saturated carbocycles. The molecule has 1 atom stereocenters. The quantitative estimate of drug-likeness (QED) is 0.710. The van der Waals surface area contributed by atoms with Gasteiger partial charge in [0, 0.05) is 10.6 Å². The summed E-state index contributed by atoms with van der Waals surface area (Å²) in [6, 6.07) is 8.29. The van der Waals surface area contributed by atoms with Crippen molar-refractivity contribution in [2.75, 3.05) is 5.32 Å². The van der Waals surface area contributed by atoms with Crippen LogP contribution in [0.2, 0.25) is 0 Å². The van der Waals surface area contributed by atoms with Crippen LogP contribution in [0.3, 0.4) is 0 Å². The van der Waals surface area contributed by atoms with E-state index < -0.39 is 0 Å². The molecule has 0 saturated heterocycles. The van der Waals surface area contributed by atoms with Crippen LogP contribution in [0.5, 0.6) is 0 Å². The summed E-state index contributed by atoms with van der Waals surface area (Å²) in [5.74, 6) is 1.15. The minimum atomic E-state index is -0.0766. The first-order chi connectivity index (χ1) is 11.4. The van der Waals surface area contributed by atoms with Crippen molar-refractivity contribution in [3.63, 3.8) is 0 Å². The number of benzene rings is 1. The van der Waals surface area contributed by atoms with E-state index in [0.29, 0.717) is 11.7 Å². The van der Waals surface area contributed by atoms with Crippen LogP contribution in [0.15, 0.2) is 29.1 Å². The van der Waals surface area contributed by atoms with E-state index in [1.54, 1.807) is 11.3 Å². The number of aromatic amines is 1. The molecule has 0 fully saturated rings. The number of fused-ring (bicyclic) bond motifs is 1. The molecule has 0 aliphatic carbocycles. The zero-order valence-corrected chi connectivity index (χ0v) is 15.5. The molecule has 1 unspecified atom stereocenters. The van der Waals surface area contributed by atoms with Crippen molar-refractivity contribution in [3.8, 4) is 0 Å². The van der Waals surface area contributed by atoms with Gasteiger partial charge in [0.1, 0.15) is 10.7 Å². The van der Waals surface area contributed by atoms with Crippen molar-refractivity contribution in [3.05, 3.63) is 56.4 Å². The van der Waals surface area contributed by atoms with Crippen LogP contribution < -0.4 is 10.9 Å². The number of thiophene rings is 1. The first-order valence-electron chi connectivity index (χ1n) is 8.23. The van der Waals surface area contributed by atoms with E-state index in [4.69, 9.17) is 0 Å². The van der Waals surface area contributed by atoms with Crippen LogP contribution in [-0.4, -0.2) is 9.97 Å². The summed E-state index contributed by atoms with van der Waals surface area (Å²) in [6.07, 6.45) is 0. The van der Waals surface area contributed by atoms with E-state index in [2.05, 4.69) is 47.3 Å². The predicted molar refractivity (Wildman–Crippen MR) is 102 cm³/mol. The molecule has 2 aromatic heterocycles. The predicted octanol–water partition coefficient (Wildman–Crippen LogP) is 4.90. The second kappa shape index (κ2) is 6.40. The smallest absolute Gasteiger partial charge is 0.259 e. The van der Waals surface area contributed by atoms with Gasteiger partial charge < -0.3 is 10.3 Å². The van der Waals surface area contributed by atoms with E-state index in [9.17, 15) is 4.79 Å². The monoisotopic (exact) mass is 341 g/mol. The summed E-state index contributed by atoms with van der Waals surface area (Å²) in [5, 5.41) is 4.16. The molecule has 1 aromatic carbocycles. The molecule has 0 amide bonds. The van der Waals surface area contributed by atoms with Gasteiger partial charge in [-0.25, -0.2) is 4.98 Å². The van der Waals surface area contributed by atoms with Crippen molar-refractivity contribution < 1.29 is 0 Å². The Balaban J connectivity index is 1.93. The topological polar surface area (TPSA) is 57.8 Å². The summed E-state index contributed by atoms with van der Waals surface area (Å²) in [4.78, 5) is 22.0. The number of aromatic nitrogens is 2. The van der Waals surface area contributed by atoms with E-state index in [1.807, 2.05) is 26.8 Å². The second-order valence-corrected chi connectivity index (χ2v) is 7.76. The fraction of sp³-hybridized carbons (Fsp3) is 0.368. The van der Waals surface area contributed by atoms with Gasteiger partial charge in [0.05, 0.1) is 11.4 Å². The fourth-order valence-corrected chi connectivity index (χ4v) is 3.82. The molecule has 0 aliphatic heterocycles.